The maximum atomic E-state index is 14.1. The van der Waals surface area contributed by atoms with Crippen LogP contribution in [-0.4, -0.2) is 34.0 Å². The minimum absolute atomic E-state index is 0.192. The topological polar surface area (TPSA) is 77.4 Å². The second-order valence-electron chi connectivity index (χ2n) is 6.48. The Hall–Kier alpha value is -3.20. The Bertz CT molecular complexity index is 1090. The summed E-state index contributed by atoms with van der Waals surface area (Å²) in [5, 5.41) is 8.81. The number of benzene rings is 2. The fraction of sp³-hybridized carbons (Fsp3) is 0.238. The first-order valence-corrected chi connectivity index (χ1v) is 10.3. The summed E-state index contributed by atoms with van der Waals surface area (Å²) in [4.78, 5) is 18.6. The maximum absolute atomic E-state index is 14.1. The van der Waals surface area contributed by atoms with Crippen molar-refractivity contribution in [2.75, 3.05) is 17.8 Å². The molecule has 0 spiro atoms. The maximum Gasteiger partial charge on any atom is 0.247 e. The molecule has 1 aromatic heterocycles. The Labute approximate surface area is 177 Å². The summed E-state index contributed by atoms with van der Waals surface area (Å²) in [6.45, 7) is 3.41. The van der Waals surface area contributed by atoms with E-state index in [1.807, 2.05) is 19.1 Å². The number of aromatic nitrogens is 3. The minimum Gasteiger partial charge on any atom is -0.497 e. The van der Waals surface area contributed by atoms with Gasteiger partial charge in [0.05, 0.1) is 12.8 Å². The molecule has 0 fully saturated rings. The van der Waals surface area contributed by atoms with E-state index in [-0.39, 0.29) is 17.5 Å². The molecule has 7 nitrogen and oxygen atoms in total. The van der Waals surface area contributed by atoms with Gasteiger partial charge in [0.1, 0.15) is 11.6 Å². The van der Waals surface area contributed by atoms with Crippen LogP contribution in [0, 0.1) is 5.82 Å². The van der Waals surface area contributed by atoms with E-state index in [1.165, 1.54) is 41.8 Å². The summed E-state index contributed by atoms with van der Waals surface area (Å²) in [6, 6.07) is 11.3. The van der Waals surface area contributed by atoms with Gasteiger partial charge in [0.25, 0.3) is 0 Å². The van der Waals surface area contributed by atoms with E-state index in [0.717, 1.165) is 5.75 Å². The van der Waals surface area contributed by atoms with E-state index in [4.69, 9.17) is 9.47 Å². The molecule has 0 radical (unpaired) electrons. The molecule has 1 atom stereocenters. The van der Waals surface area contributed by atoms with Gasteiger partial charge in [-0.1, -0.05) is 18.7 Å². The van der Waals surface area contributed by atoms with Crippen LogP contribution in [0.2, 0.25) is 0 Å². The zero-order valence-corrected chi connectivity index (χ0v) is 17.4. The highest BCUT2D eigenvalue weighted by Gasteiger charge is 2.35. The Morgan fingerprint density at radius 2 is 2.00 bits per heavy atom. The van der Waals surface area contributed by atoms with Gasteiger partial charge in [0, 0.05) is 18.1 Å². The van der Waals surface area contributed by atoms with Crippen molar-refractivity contribution >= 4 is 23.4 Å². The van der Waals surface area contributed by atoms with Gasteiger partial charge < -0.3 is 9.47 Å². The van der Waals surface area contributed by atoms with Crippen molar-refractivity contribution < 1.29 is 18.7 Å². The van der Waals surface area contributed by atoms with Gasteiger partial charge >= 0.3 is 0 Å². The predicted molar refractivity (Wildman–Crippen MR) is 111 cm³/mol. The number of anilines is 1. The van der Waals surface area contributed by atoms with Crippen LogP contribution in [0.1, 0.15) is 25.6 Å². The summed E-state index contributed by atoms with van der Waals surface area (Å²) in [7, 11) is 1.58. The Morgan fingerprint density at radius 3 is 2.67 bits per heavy atom. The van der Waals surface area contributed by atoms with Crippen molar-refractivity contribution in [3.63, 3.8) is 0 Å². The Morgan fingerprint density at radius 1 is 1.23 bits per heavy atom. The quantitative estimate of drug-likeness (QED) is 0.578. The summed E-state index contributed by atoms with van der Waals surface area (Å²) >= 11 is 1.41. The lowest BCUT2D eigenvalue weighted by Crippen LogP contribution is -2.36. The third-order valence-electron chi connectivity index (χ3n) is 4.58. The number of halogens is 1. The minimum atomic E-state index is -0.824. The van der Waals surface area contributed by atoms with Crippen molar-refractivity contribution in [2.24, 2.45) is 0 Å². The van der Waals surface area contributed by atoms with E-state index < -0.39 is 12.0 Å². The highest BCUT2D eigenvalue weighted by atomic mass is 32.2. The molecule has 9 heteroatoms. The molecule has 1 amide bonds. The van der Waals surface area contributed by atoms with E-state index in [9.17, 15) is 9.18 Å². The number of methoxy groups -OCH3 is 1. The number of hydrogen-bond acceptors (Lipinski definition) is 7. The van der Waals surface area contributed by atoms with Gasteiger partial charge in [0.15, 0.2) is 5.69 Å². The van der Waals surface area contributed by atoms with Gasteiger partial charge in [-0.2, -0.15) is 4.98 Å². The van der Waals surface area contributed by atoms with E-state index >= 15 is 0 Å². The average molecular weight is 426 g/mol. The first kappa shape index (κ1) is 20.1. The zero-order chi connectivity index (χ0) is 21.3. The monoisotopic (exact) mass is 426 g/mol. The van der Waals surface area contributed by atoms with Gasteiger partial charge in [-0.25, -0.2) is 4.39 Å². The van der Waals surface area contributed by atoms with Crippen LogP contribution in [0.5, 0.6) is 11.6 Å². The third-order valence-corrected chi connectivity index (χ3v) is 5.30. The van der Waals surface area contributed by atoms with E-state index in [0.29, 0.717) is 27.7 Å². The average Bonchev–Trinajstić information content (AvgIpc) is 2.88. The first-order chi connectivity index (χ1) is 14.5. The molecule has 30 heavy (non-hydrogen) atoms. The summed E-state index contributed by atoms with van der Waals surface area (Å²) in [5.41, 5.74) is 1.85. The number of rotatable bonds is 4. The number of nitrogens with zero attached hydrogens (tertiary/aromatic N) is 4. The molecule has 154 valence electrons. The molecular weight excluding hydrogens is 407 g/mol. The fourth-order valence-electron chi connectivity index (χ4n) is 3.25. The molecule has 0 saturated heterocycles. The van der Waals surface area contributed by atoms with Crippen LogP contribution in [0.25, 0.3) is 11.3 Å². The van der Waals surface area contributed by atoms with E-state index in [1.54, 1.807) is 19.2 Å². The third kappa shape index (κ3) is 3.68. The van der Waals surface area contributed by atoms with Crippen molar-refractivity contribution in [1.29, 1.82) is 0 Å². The number of amides is 1. The van der Waals surface area contributed by atoms with Crippen LogP contribution in [0.3, 0.4) is 0 Å². The van der Waals surface area contributed by atoms with Crippen LogP contribution in [0.4, 0.5) is 10.1 Å². The number of thioether (sulfide) groups is 1. The second-order valence-corrected chi connectivity index (χ2v) is 7.71. The first-order valence-electron chi connectivity index (χ1n) is 9.29. The molecule has 0 aliphatic carbocycles. The summed E-state index contributed by atoms with van der Waals surface area (Å²) in [6.07, 6.45) is -0.824. The number of hydrogen-bond donors (Lipinski definition) is 0. The van der Waals surface area contributed by atoms with Crippen molar-refractivity contribution in [2.45, 2.75) is 25.2 Å². The number of fused-ring (bicyclic) bond motifs is 3. The zero-order valence-electron chi connectivity index (χ0n) is 16.6. The van der Waals surface area contributed by atoms with Gasteiger partial charge in [-0.3, -0.25) is 9.69 Å². The Kier molecular flexibility index (Phi) is 5.54. The highest BCUT2D eigenvalue weighted by molar-refractivity contribution is 7.99. The second kappa shape index (κ2) is 8.27. The number of ether oxygens (including phenoxy) is 2. The van der Waals surface area contributed by atoms with E-state index in [2.05, 4.69) is 15.2 Å². The smallest absolute Gasteiger partial charge is 0.247 e. The molecule has 0 unspecified atom stereocenters. The molecular formula is C21H19FN4O3S. The Balaban J connectivity index is 1.93. The highest BCUT2D eigenvalue weighted by Crippen LogP contribution is 2.43. The molecule has 0 N–H and O–H groups in total. The van der Waals surface area contributed by atoms with Crippen LogP contribution in [0.15, 0.2) is 47.6 Å². The molecule has 2 aromatic carbocycles. The lowest BCUT2D eigenvalue weighted by atomic mass is 10.1. The predicted octanol–water partition coefficient (Wildman–Crippen LogP) is 4.24. The standard InChI is InChI=1S/C21H19FN4O3S/c1-4-30-21-23-19-18(24-25-21)16-11-14(22)7-10-17(16)26(12(2)27)20(29-19)13-5-8-15(28-3)9-6-13/h5-11,20H,4H2,1-3H3/t20-/m0/s1. The number of carbonyl (C=O) groups excluding carboxylic acids is 1. The summed E-state index contributed by atoms with van der Waals surface area (Å²) < 4.78 is 25.6. The molecule has 1 aliphatic rings. The van der Waals surface area contributed by atoms with Gasteiger partial charge in [-0.15, -0.1) is 10.2 Å². The van der Waals surface area contributed by atoms with Crippen LogP contribution >= 0.6 is 11.8 Å². The molecule has 1 aliphatic heterocycles. The van der Waals surface area contributed by atoms with Crippen molar-refractivity contribution in [3.8, 4) is 22.9 Å². The molecule has 2 heterocycles. The molecule has 4 rings (SSSR count). The number of carbonyl (C=O) groups is 1. The molecule has 0 bridgehead atoms. The van der Waals surface area contributed by atoms with Crippen LogP contribution < -0.4 is 14.4 Å². The molecule has 0 saturated carbocycles. The molecule has 3 aromatic rings. The van der Waals surface area contributed by atoms with Gasteiger partial charge in [0.2, 0.25) is 23.2 Å². The van der Waals surface area contributed by atoms with Gasteiger partial charge in [-0.05, 0) is 48.2 Å². The lowest BCUT2D eigenvalue weighted by Gasteiger charge is -2.30. The SMILES string of the molecule is CCSc1nnc2c(n1)O[C@@H](c1ccc(OC)cc1)N(C(C)=O)c1ccc(F)cc1-2. The van der Waals surface area contributed by atoms with Crippen LogP contribution in [-0.2, 0) is 4.79 Å². The lowest BCUT2D eigenvalue weighted by molar-refractivity contribution is -0.118. The van der Waals surface area contributed by atoms with Crippen molar-refractivity contribution in [3.05, 3.63) is 53.8 Å². The summed E-state index contributed by atoms with van der Waals surface area (Å²) in [5.74, 6) is 0.896. The fourth-order valence-corrected chi connectivity index (χ4v) is 3.76. The van der Waals surface area contributed by atoms with Crippen molar-refractivity contribution in [1.82, 2.24) is 15.2 Å². The largest absolute Gasteiger partial charge is 0.497 e. The normalized spacial score (nSPS) is 14.9.